The molecule has 1 heterocycles. The average molecular weight is 439 g/mol. The molecule has 2 aromatic carbocycles. The van der Waals surface area contributed by atoms with E-state index in [2.05, 4.69) is 52.9 Å². The number of nitrogens with zero attached hydrogens (tertiary/aromatic N) is 2. The third-order valence-corrected chi connectivity index (χ3v) is 7.30. The third kappa shape index (κ3) is 3.61. The summed E-state index contributed by atoms with van der Waals surface area (Å²) in [5.41, 5.74) is 3.66. The number of benzene rings is 2. The van der Waals surface area contributed by atoms with Gasteiger partial charge in [-0.1, -0.05) is 18.2 Å². The summed E-state index contributed by atoms with van der Waals surface area (Å²) < 4.78 is 33.5. The topological polar surface area (TPSA) is 49.9 Å². The van der Waals surface area contributed by atoms with Gasteiger partial charge in [-0.3, -0.25) is 0 Å². The molecular weight excluding hydrogens is 416 g/mol. The van der Waals surface area contributed by atoms with Crippen molar-refractivity contribution < 1.29 is 13.2 Å². The molecule has 0 saturated carbocycles. The fourth-order valence-corrected chi connectivity index (χ4v) is 5.25. The van der Waals surface area contributed by atoms with Crippen LogP contribution < -0.4 is 9.64 Å². The molecule has 5 nitrogen and oxygen atoms in total. The highest BCUT2D eigenvalue weighted by atomic mass is 79.9. The lowest BCUT2D eigenvalue weighted by Gasteiger charge is -2.37. The lowest BCUT2D eigenvalue weighted by molar-refractivity contribution is 0.383. The quantitative estimate of drug-likeness (QED) is 0.731. The molecule has 1 fully saturated rings. The second kappa shape index (κ2) is 7.58. The van der Waals surface area contributed by atoms with E-state index in [0.717, 1.165) is 4.47 Å². The molecule has 0 N–H and O–H groups in total. The Morgan fingerprint density at radius 2 is 1.62 bits per heavy atom. The van der Waals surface area contributed by atoms with Crippen LogP contribution in [-0.2, 0) is 10.0 Å². The van der Waals surface area contributed by atoms with E-state index in [1.54, 1.807) is 22.5 Å². The summed E-state index contributed by atoms with van der Waals surface area (Å²) >= 11 is 3.36. The molecule has 2 aromatic rings. The second-order valence-corrected chi connectivity index (χ2v) is 9.22. The zero-order valence-electron chi connectivity index (χ0n) is 15.2. The number of hydrogen-bond acceptors (Lipinski definition) is 4. The predicted molar refractivity (Wildman–Crippen MR) is 108 cm³/mol. The molecule has 0 radical (unpaired) electrons. The molecule has 0 bridgehead atoms. The van der Waals surface area contributed by atoms with Crippen molar-refractivity contribution >= 4 is 31.6 Å². The molecule has 0 atom stereocenters. The van der Waals surface area contributed by atoms with Gasteiger partial charge in [0.1, 0.15) is 5.75 Å². The summed E-state index contributed by atoms with van der Waals surface area (Å²) in [6, 6.07) is 11.1. The molecule has 0 amide bonds. The summed E-state index contributed by atoms with van der Waals surface area (Å²) in [6.45, 7) is 6.49. The normalized spacial score (nSPS) is 15.9. The molecule has 1 aliphatic heterocycles. The fourth-order valence-electron chi connectivity index (χ4n) is 3.41. The Bertz CT molecular complexity index is 887. The van der Waals surface area contributed by atoms with E-state index in [-0.39, 0.29) is 4.90 Å². The molecule has 0 spiro atoms. The maximum Gasteiger partial charge on any atom is 0.243 e. The number of anilines is 1. The molecule has 0 aromatic heterocycles. The Hall–Kier alpha value is -1.57. The van der Waals surface area contributed by atoms with Crippen LogP contribution in [0.5, 0.6) is 5.75 Å². The number of para-hydroxylation sites is 1. The summed E-state index contributed by atoms with van der Waals surface area (Å²) in [4.78, 5) is 2.54. The Morgan fingerprint density at radius 1 is 1.00 bits per heavy atom. The van der Waals surface area contributed by atoms with Crippen molar-refractivity contribution in [3.8, 4) is 5.75 Å². The standard InChI is InChI=1S/C19H23BrN2O3S/c1-14-5-4-6-15(2)19(14)21-9-11-22(12-10-21)26(23,24)16-7-8-17(20)18(13-16)25-3/h4-8,13H,9-12H2,1-3H3. The molecule has 0 unspecified atom stereocenters. The average Bonchev–Trinajstić information content (AvgIpc) is 2.62. The minimum Gasteiger partial charge on any atom is -0.496 e. The lowest BCUT2D eigenvalue weighted by Crippen LogP contribution is -2.49. The highest BCUT2D eigenvalue weighted by Crippen LogP contribution is 2.30. The lowest BCUT2D eigenvalue weighted by atomic mass is 10.1. The SMILES string of the molecule is COc1cc(S(=O)(=O)N2CCN(c3c(C)cccc3C)CC2)ccc1Br. The Kier molecular flexibility index (Phi) is 5.60. The monoisotopic (exact) mass is 438 g/mol. The van der Waals surface area contributed by atoms with Crippen LogP contribution in [0.4, 0.5) is 5.69 Å². The van der Waals surface area contributed by atoms with Crippen LogP contribution in [0.15, 0.2) is 45.8 Å². The molecule has 1 aliphatic rings. The molecule has 140 valence electrons. The maximum absolute atomic E-state index is 13.0. The van der Waals surface area contributed by atoms with Crippen LogP contribution in [0.3, 0.4) is 0 Å². The van der Waals surface area contributed by atoms with Gasteiger partial charge in [-0.15, -0.1) is 0 Å². The largest absolute Gasteiger partial charge is 0.496 e. The van der Waals surface area contributed by atoms with Crippen molar-refractivity contribution in [3.05, 3.63) is 52.0 Å². The first-order valence-corrected chi connectivity index (χ1v) is 10.7. The van der Waals surface area contributed by atoms with Crippen LogP contribution in [-0.4, -0.2) is 46.0 Å². The van der Waals surface area contributed by atoms with Gasteiger partial charge in [-0.2, -0.15) is 4.31 Å². The van der Waals surface area contributed by atoms with Gasteiger partial charge in [0.15, 0.2) is 0 Å². The van der Waals surface area contributed by atoms with Gasteiger partial charge < -0.3 is 9.64 Å². The van der Waals surface area contributed by atoms with Crippen molar-refractivity contribution in [2.45, 2.75) is 18.7 Å². The van der Waals surface area contributed by atoms with Crippen LogP contribution in [0.1, 0.15) is 11.1 Å². The first-order chi connectivity index (χ1) is 12.3. The number of sulfonamides is 1. The van der Waals surface area contributed by atoms with E-state index in [1.165, 1.54) is 23.9 Å². The van der Waals surface area contributed by atoms with Crippen LogP contribution in [0.25, 0.3) is 0 Å². The zero-order valence-corrected chi connectivity index (χ0v) is 17.6. The highest BCUT2D eigenvalue weighted by Gasteiger charge is 2.29. The smallest absolute Gasteiger partial charge is 0.243 e. The van der Waals surface area contributed by atoms with Gasteiger partial charge in [-0.05, 0) is 53.0 Å². The van der Waals surface area contributed by atoms with E-state index >= 15 is 0 Å². The van der Waals surface area contributed by atoms with Crippen molar-refractivity contribution in [2.24, 2.45) is 0 Å². The summed E-state index contributed by atoms with van der Waals surface area (Å²) in [5.74, 6) is 0.514. The van der Waals surface area contributed by atoms with Gasteiger partial charge in [0.05, 0.1) is 16.5 Å². The van der Waals surface area contributed by atoms with Crippen molar-refractivity contribution in [2.75, 3.05) is 38.2 Å². The van der Waals surface area contributed by atoms with Gasteiger partial charge in [0, 0.05) is 37.9 Å². The number of rotatable bonds is 4. The van der Waals surface area contributed by atoms with Gasteiger partial charge in [0.2, 0.25) is 10.0 Å². The molecule has 7 heteroatoms. The van der Waals surface area contributed by atoms with Crippen molar-refractivity contribution in [1.29, 1.82) is 0 Å². The van der Waals surface area contributed by atoms with E-state index in [0.29, 0.717) is 31.9 Å². The second-order valence-electron chi connectivity index (χ2n) is 6.43. The number of hydrogen-bond donors (Lipinski definition) is 0. The van der Waals surface area contributed by atoms with E-state index in [9.17, 15) is 8.42 Å². The van der Waals surface area contributed by atoms with E-state index in [4.69, 9.17) is 4.74 Å². The molecule has 1 saturated heterocycles. The fraction of sp³-hybridized carbons (Fsp3) is 0.368. The van der Waals surface area contributed by atoms with Crippen LogP contribution >= 0.6 is 15.9 Å². The Labute approximate surface area is 163 Å². The van der Waals surface area contributed by atoms with Gasteiger partial charge in [0.25, 0.3) is 0 Å². The molecule has 3 rings (SSSR count). The minimum absolute atomic E-state index is 0.262. The predicted octanol–water partition coefficient (Wildman–Crippen LogP) is 3.59. The summed E-state index contributed by atoms with van der Waals surface area (Å²) in [7, 11) is -2.00. The molecule has 26 heavy (non-hydrogen) atoms. The summed E-state index contributed by atoms with van der Waals surface area (Å²) in [6.07, 6.45) is 0. The van der Waals surface area contributed by atoms with Crippen molar-refractivity contribution in [1.82, 2.24) is 4.31 Å². The Morgan fingerprint density at radius 3 is 2.19 bits per heavy atom. The maximum atomic E-state index is 13.0. The number of piperazine rings is 1. The Balaban J connectivity index is 1.79. The van der Waals surface area contributed by atoms with Crippen molar-refractivity contribution in [3.63, 3.8) is 0 Å². The first-order valence-electron chi connectivity index (χ1n) is 8.49. The van der Waals surface area contributed by atoms with E-state index < -0.39 is 10.0 Å². The van der Waals surface area contributed by atoms with Crippen LogP contribution in [0.2, 0.25) is 0 Å². The number of aryl methyl sites for hydroxylation is 2. The third-order valence-electron chi connectivity index (χ3n) is 4.75. The van der Waals surface area contributed by atoms with Gasteiger partial charge >= 0.3 is 0 Å². The molecule has 0 aliphatic carbocycles. The minimum atomic E-state index is -3.53. The van der Waals surface area contributed by atoms with Crippen LogP contribution in [0, 0.1) is 13.8 Å². The number of halogens is 1. The summed E-state index contributed by atoms with van der Waals surface area (Å²) in [5, 5.41) is 0. The zero-order chi connectivity index (χ0) is 18.9. The van der Waals surface area contributed by atoms with Gasteiger partial charge in [-0.25, -0.2) is 8.42 Å². The number of ether oxygens (including phenoxy) is 1. The van der Waals surface area contributed by atoms with E-state index in [1.807, 2.05) is 0 Å². The number of methoxy groups -OCH3 is 1. The molecular formula is C19H23BrN2O3S. The first kappa shape index (κ1) is 19.2. The highest BCUT2D eigenvalue weighted by molar-refractivity contribution is 9.10.